The molecular formula is C11H11N5O2. The van der Waals surface area contributed by atoms with Crippen LogP contribution in [-0.2, 0) is 6.42 Å². The van der Waals surface area contributed by atoms with Gasteiger partial charge in [0, 0.05) is 30.3 Å². The van der Waals surface area contributed by atoms with Crippen LogP contribution in [-0.4, -0.2) is 14.9 Å². The molecule has 0 amide bonds. The number of nitrogens with zero attached hydrogens (tertiary/aromatic N) is 3. The lowest BCUT2D eigenvalue weighted by Crippen LogP contribution is -2.04. The van der Waals surface area contributed by atoms with Crippen LogP contribution < -0.4 is 11.5 Å². The zero-order valence-corrected chi connectivity index (χ0v) is 9.41. The summed E-state index contributed by atoms with van der Waals surface area (Å²) in [5, 5.41) is 10.7. The van der Waals surface area contributed by atoms with E-state index in [0.717, 1.165) is 5.56 Å². The molecule has 0 aliphatic heterocycles. The maximum Gasteiger partial charge on any atom is 0.269 e. The standard InChI is InChI=1S/C11H11N5O2/c12-10-8(6-14-11(13)15-10)4-7-2-1-3-9(5-7)16(17)18/h1-3,5-6H,4H2,(H4,12,13,14,15). The number of aromatic nitrogens is 2. The Morgan fingerprint density at radius 1 is 1.33 bits per heavy atom. The van der Waals surface area contributed by atoms with Crippen molar-refractivity contribution in [3.63, 3.8) is 0 Å². The van der Waals surface area contributed by atoms with Crippen LogP contribution in [0.1, 0.15) is 11.1 Å². The van der Waals surface area contributed by atoms with Crippen LogP contribution in [0, 0.1) is 10.1 Å². The van der Waals surface area contributed by atoms with Gasteiger partial charge in [0.1, 0.15) is 5.82 Å². The first-order chi connectivity index (χ1) is 8.56. The van der Waals surface area contributed by atoms with Crippen LogP contribution in [0.2, 0.25) is 0 Å². The number of nitrogen functional groups attached to an aromatic ring is 2. The largest absolute Gasteiger partial charge is 0.383 e. The van der Waals surface area contributed by atoms with E-state index >= 15 is 0 Å². The average Bonchev–Trinajstić information content (AvgIpc) is 2.33. The Balaban J connectivity index is 2.28. The number of anilines is 2. The molecule has 1 aromatic carbocycles. The first-order valence-corrected chi connectivity index (χ1v) is 5.16. The Hall–Kier alpha value is -2.70. The summed E-state index contributed by atoms with van der Waals surface area (Å²) in [4.78, 5) is 17.9. The van der Waals surface area contributed by atoms with Gasteiger partial charge in [0.05, 0.1) is 4.92 Å². The van der Waals surface area contributed by atoms with Gasteiger partial charge >= 0.3 is 0 Å². The molecule has 7 nitrogen and oxygen atoms in total. The molecule has 0 spiro atoms. The fraction of sp³-hybridized carbons (Fsp3) is 0.0909. The summed E-state index contributed by atoms with van der Waals surface area (Å²) in [5.41, 5.74) is 12.6. The van der Waals surface area contributed by atoms with E-state index in [-0.39, 0.29) is 17.5 Å². The van der Waals surface area contributed by atoms with Crippen molar-refractivity contribution in [2.75, 3.05) is 11.5 Å². The third kappa shape index (κ3) is 2.51. The van der Waals surface area contributed by atoms with E-state index in [2.05, 4.69) is 9.97 Å². The minimum atomic E-state index is -0.438. The van der Waals surface area contributed by atoms with Crippen molar-refractivity contribution >= 4 is 17.5 Å². The number of rotatable bonds is 3. The fourth-order valence-corrected chi connectivity index (χ4v) is 1.57. The maximum atomic E-state index is 10.7. The molecule has 0 radical (unpaired) electrons. The molecule has 1 heterocycles. The highest BCUT2D eigenvalue weighted by Crippen LogP contribution is 2.18. The second kappa shape index (κ2) is 4.66. The van der Waals surface area contributed by atoms with Crippen LogP contribution in [0.5, 0.6) is 0 Å². The molecular weight excluding hydrogens is 234 g/mol. The Morgan fingerprint density at radius 3 is 2.78 bits per heavy atom. The molecule has 0 aliphatic carbocycles. The molecule has 2 aromatic rings. The maximum absolute atomic E-state index is 10.7. The molecule has 4 N–H and O–H groups in total. The van der Waals surface area contributed by atoms with E-state index in [1.54, 1.807) is 12.1 Å². The molecule has 92 valence electrons. The average molecular weight is 245 g/mol. The molecule has 0 saturated carbocycles. The topological polar surface area (TPSA) is 121 Å². The van der Waals surface area contributed by atoms with Crippen molar-refractivity contribution in [2.45, 2.75) is 6.42 Å². The monoisotopic (exact) mass is 245 g/mol. The first-order valence-electron chi connectivity index (χ1n) is 5.16. The molecule has 2 rings (SSSR count). The Morgan fingerprint density at radius 2 is 2.11 bits per heavy atom. The zero-order valence-electron chi connectivity index (χ0n) is 9.41. The quantitative estimate of drug-likeness (QED) is 0.617. The third-order valence-electron chi connectivity index (χ3n) is 2.43. The number of nitrogens with two attached hydrogens (primary N) is 2. The minimum absolute atomic E-state index is 0.0439. The molecule has 7 heteroatoms. The van der Waals surface area contributed by atoms with Gasteiger partial charge in [-0.15, -0.1) is 0 Å². The summed E-state index contributed by atoms with van der Waals surface area (Å²) >= 11 is 0. The van der Waals surface area contributed by atoms with Crippen molar-refractivity contribution in [3.05, 3.63) is 51.7 Å². The molecule has 18 heavy (non-hydrogen) atoms. The second-order valence-corrected chi connectivity index (χ2v) is 3.74. The second-order valence-electron chi connectivity index (χ2n) is 3.74. The molecule has 0 atom stereocenters. The summed E-state index contributed by atoms with van der Waals surface area (Å²) in [5.74, 6) is 0.393. The zero-order chi connectivity index (χ0) is 13.1. The summed E-state index contributed by atoms with van der Waals surface area (Å²) in [7, 11) is 0. The summed E-state index contributed by atoms with van der Waals surface area (Å²) in [6, 6.07) is 6.34. The van der Waals surface area contributed by atoms with E-state index in [1.165, 1.54) is 18.3 Å². The summed E-state index contributed by atoms with van der Waals surface area (Å²) < 4.78 is 0. The van der Waals surface area contributed by atoms with Gasteiger partial charge in [-0.1, -0.05) is 12.1 Å². The van der Waals surface area contributed by atoms with Crippen LogP contribution in [0.3, 0.4) is 0 Å². The Bertz CT molecular complexity index is 600. The first kappa shape index (κ1) is 11.8. The third-order valence-corrected chi connectivity index (χ3v) is 2.43. The van der Waals surface area contributed by atoms with Gasteiger partial charge < -0.3 is 11.5 Å². The van der Waals surface area contributed by atoms with Crippen molar-refractivity contribution in [1.82, 2.24) is 9.97 Å². The number of hydrogen-bond donors (Lipinski definition) is 2. The number of nitro benzene ring substituents is 1. The van der Waals surface area contributed by atoms with E-state index < -0.39 is 4.92 Å². The molecule has 0 bridgehead atoms. The smallest absolute Gasteiger partial charge is 0.269 e. The number of hydrogen-bond acceptors (Lipinski definition) is 6. The lowest BCUT2D eigenvalue weighted by molar-refractivity contribution is -0.384. The van der Waals surface area contributed by atoms with Gasteiger partial charge in [-0.3, -0.25) is 10.1 Å². The van der Waals surface area contributed by atoms with Crippen molar-refractivity contribution in [3.8, 4) is 0 Å². The summed E-state index contributed by atoms with van der Waals surface area (Å²) in [6.07, 6.45) is 1.95. The lowest BCUT2D eigenvalue weighted by atomic mass is 10.1. The summed E-state index contributed by atoms with van der Waals surface area (Å²) in [6.45, 7) is 0. The van der Waals surface area contributed by atoms with E-state index in [1.807, 2.05) is 0 Å². The number of benzene rings is 1. The highest BCUT2D eigenvalue weighted by molar-refractivity contribution is 5.45. The highest BCUT2D eigenvalue weighted by Gasteiger charge is 2.08. The lowest BCUT2D eigenvalue weighted by Gasteiger charge is -2.04. The molecule has 0 fully saturated rings. The van der Waals surface area contributed by atoms with Crippen LogP contribution in [0.4, 0.5) is 17.5 Å². The predicted octanol–water partition coefficient (Wildman–Crippen LogP) is 1.14. The van der Waals surface area contributed by atoms with E-state index in [0.29, 0.717) is 12.0 Å². The minimum Gasteiger partial charge on any atom is -0.383 e. The van der Waals surface area contributed by atoms with Crippen LogP contribution in [0.15, 0.2) is 30.5 Å². The predicted molar refractivity (Wildman–Crippen MR) is 66.8 cm³/mol. The molecule has 0 aliphatic rings. The van der Waals surface area contributed by atoms with Gasteiger partial charge in [-0.05, 0) is 5.56 Å². The Labute approximate surface area is 103 Å². The fourth-order valence-electron chi connectivity index (χ4n) is 1.57. The van der Waals surface area contributed by atoms with Crippen molar-refractivity contribution < 1.29 is 4.92 Å². The van der Waals surface area contributed by atoms with Crippen LogP contribution >= 0.6 is 0 Å². The normalized spacial score (nSPS) is 10.2. The van der Waals surface area contributed by atoms with Crippen LogP contribution in [0.25, 0.3) is 0 Å². The highest BCUT2D eigenvalue weighted by atomic mass is 16.6. The van der Waals surface area contributed by atoms with E-state index in [4.69, 9.17) is 11.5 Å². The molecule has 0 unspecified atom stereocenters. The van der Waals surface area contributed by atoms with Crippen molar-refractivity contribution in [2.24, 2.45) is 0 Å². The van der Waals surface area contributed by atoms with Gasteiger partial charge in [-0.25, -0.2) is 4.98 Å². The number of non-ortho nitro benzene ring substituents is 1. The molecule has 1 aromatic heterocycles. The number of nitro groups is 1. The van der Waals surface area contributed by atoms with Gasteiger partial charge in [0.15, 0.2) is 0 Å². The van der Waals surface area contributed by atoms with Gasteiger partial charge in [-0.2, -0.15) is 4.98 Å². The van der Waals surface area contributed by atoms with Gasteiger partial charge in [0.2, 0.25) is 5.95 Å². The Kier molecular flexibility index (Phi) is 3.05. The SMILES string of the molecule is Nc1ncc(Cc2cccc([N+](=O)[O-])c2)c(N)n1. The van der Waals surface area contributed by atoms with Crippen molar-refractivity contribution in [1.29, 1.82) is 0 Å². The van der Waals surface area contributed by atoms with E-state index in [9.17, 15) is 10.1 Å². The van der Waals surface area contributed by atoms with Gasteiger partial charge in [0.25, 0.3) is 5.69 Å². The molecule has 0 saturated heterocycles.